The fraction of sp³-hybridized carbons (Fsp3) is 0.273. The van der Waals surface area contributed by atoms with Gasteiger partial charge in [-0.1, -0.05) is 6.92 Å². The van der Waals surface area contributed by atoms with Crippen molar-refractivity contribution in [1.29, 1.82) is 5.41 Å². The molecule has 2 aromatic rings. The summed E-state index contributed by atoms with van der Waals surface area (Å²) in [6, 6.07) is 1.61. The number of nitrogens with two attached hydrogens (primary N) is 1. The van der Waals surface area contributed by atoms with Gasteiger partial charge in [-0.3, -0.25) is 9.98 Å². The molecule has 88 valence electrons. The summed E-state index contributed by atoms with van der Waals surface area (Å²) in [6.45, 7) is 2.09. The maximum Gasteiger partial charge on any atom is 0.235 e. The standard InChI is InChI=1S/C11H14N6/c1-2-3-9-14-6-7-17(9)11-15-5-4-8(16-11)10(12)13/h4-7H,2-3H2,1H3,(H3,12,13). The molecule has 6 heteroatoms. The van der Waals surface area contributed by atoms with Gasteiger partial charge in [0.25, 0.3) is 0 Å². The van der Waals surface area contributed by atoms with Gasteiger partial charge >= 0.3 is 0 Å². The van der Waals surface area contributed by atoms with E-state index < -0.39 is 0 Å². The van der Waals surface area contributed by atoms with Crippen molar-refractivity contribution < 1.29 is 0 Å². The summed E-state index contributed by atoms with van der Waals surface area (Å²) in [4.78, 5) is 12.6. The predicted octanol–water partition coefficient (Wildman–Crippen LogP) is 0.899. The first kappa shape index (κ1) is 11.3. The van der Waals surface area contributed by atoms with E-state index in [0.717, 1.165) is 18.7 Å². The highest BCUT2D eigenvalue weighted by Crippen LogP contribution is 2.07. The molecule has 0 aliphatic carbocycles. The van der Waals surface area contributed by atoms with Gasteiger partial charge in [-0.2, -0.15) is 0 Å². The lowest BCUT2D eigenvalue weighted by molar-refractivity contribution is 0.781. The number of hydrogen-bond acceptors (Lipinski definition) is 4. The molecule has 0 aliphatic rings. The Morgan fingerprint density at radius 1 is 1.41 bits per heavy atom. The zero-order valence-electron chi connectivity index (χ0n) is 9.59. The molecule has 6 nitrogen and oxygen atoms in total. The van der Waals surface area contributed by atoms with Crippen LogP contribution in [0.5, 0.6) is 0 Å². The van der Waals surface area contributed by atoms with E-state index in [-0.39, 0.29) is 5.84 Å². The van der Waals surface area contributed by atoms with E-state index in [2.05, 4.69) is 21.9 Å². The van der Waals surface area contributed by atoms with Gasteiger partial charge in [0.05, 0.1) is 0 Å². The van der Waals surface area contributed by atoms with Crippen molar-refractivity contribution in [1.82, 2.24) is 19.5 Å². The SMILES string of the molecule is CCCc1nccn1-c1nccc(C(=N)N)n1. The van der Waals surface area contributed by atoms with Gasteiger partial charge in [0.2, 0.25) is 5.95 Å². The third kappa shape index (κ3) is 2.30. The smallest absolute Gasteiger partial charge is 0.235 e. The Kier molecular flexibility index (Phi) is 3.13. The van der Waals surface area contributed by atoms with Gasteiger partial charge < -0.3 is 5.73 Å². The van der Waals surface area contributed by atoms with Crippen molar-refractivity contribution >= 4 is 5.84 Å². The van der Waals surface area contributed by atoms with Crippen LogP contribution in [0, 0.1) is 5.41 Å². The van der Waals surface area contributed by atoms with Crippen LogP contribution in [0.4, 0.5) is 0 Å². The van der Waals surface area contributed by atoms with Crippen LogP contribution >= 0.6 is 0 Å². The summed E-state index contributed by atoms with van der Waals surface area (Å²) in [7, 11) is 0. The van der Waals surface area contributed by atoms with Crippen LogP contribution in [-0.2, 0) is 6.42 Å². The highest BCUT2D eigenvalue weighted by Gasteiger charge is 2.08. The van der Waals surface area contributed by atoms with Gasteiger partial charge in [0.1, 0.15) is 17.4 Å². The van der Waals surface area contributed by atoms with Crippen molar-refractivity contribution in [2.24, 2.45) is 5.73 Å². The number of aromatic nitrogens is 4. The summed E-state index contributed by atoms with van der Waals surface area (Å²) in [5.41, 5.74) is 5.82. The number of aryl methyl sites for hydroxylation is 1. The summed E-state index contributed by atoms with van der Waals surface area (Å²) in [6.07, 6.45) is 6.98. The van der Waals surface area contributed by atoms with E-state index in [1.54, 1.807) is 18.5 Å². The van der Waals surface area contributed by atoms with Crippen LogP contribution in [0.25, 0.3) is 5.95 Å². The Morgan fingerprint density at radius 2 is 2.24 bits per heavy atom. The second-order valence-corrected chi connectivity index (χ2v) is 3.62. The predicted molar refractivity (Wildman–Crippen MR) is 64.2 cm³/mol. The molecule has 2 aromatic heterocycles. The largest absolute Gasteiger partial charge is 0.382 e. The van der Waals surface area contributed by atoms with E-state index in [0.29, 0.717) is 11.6 Å². The van der Waals surface area contributed by atoms with Crippen molar-refractivity contribution in [2.75, 3.05) is 0 Å². The molecule has 0 unspecified atom stereocenters. The van der Waals surface area contributed by atoms with E-state index in [4.69, 9.17) is 11.1 Å². The Bertz CT molecular complexity index is 530. The van der Waals surface area contributed by atoms with Gasteiger partial charge in [0.15, 0.2) is 0 Å². The van der Waals surface area contributed by atoms with Crippen LogP contribution in [0.1, 0.15) is 24.9 Å². The molecule has 0 aliphatic heterocycles. The van der Waals surface area contributed by atoms with Crippen molar-refractivity contribution in [3.05, 3.63) is 36.2 Å². The minimum Gasteiger partial charge on any atom is -0.382 e. The maximum absolute atomic E-state index is 7.35. The Hall–Kier alpha value is -2.24. The van der Waals surface area contributed by atoms with Gasteiger partial charge in [-0.15, -0.1) is 0 Å². The summed E-state index contributed by atoms with van der Waals surface area (Å²) < 4.78 is 1.82. The first-order valence-electron chi connectivity index (χ1n) is 5.42. The monoisotopic (exact) mass is 230 g/mol. The quantitative estimate of drug-likeness (QED) is 0.602. The molecular formula is C11H14N6. The lowest BCUT2D eigenvalue weighted by atomic mass is 10.3. The van der Waals surface area contributed by atoms with Crippen molar-refractivity contribution in [3.8, 4) is 5.95 Å². The fourth-order valence-corrected chi connectivity index (χ4v) is 1.54. The summed E-state index contributed by atoms with van der Waals surface area (Å²) in [5.74, 6) is 1.35. The van der Waals surface area contributed by atoms with Crippen LogP contribution in [-0.4, -0.2) is 25.4 Å². The van der Waals surface area contributed by atoms with E-state index in [1.807, 2.05) is 10.8 Å². The molecule has 0 amide bonds. The molecule has 2 heterocycles. The van der Waals surface area contributed by atoms with E-state index in [9.17, 15) is 0 Å². The second-order valence-electron chi connectivity index (χ2n) is 3.62. The average molecular weight is 230 g/mol. The summed E-state index contributed by atoms with van der Waals surface area (Å²) in [5, 5.41) is 7.35. The number of nitrogen functional groups attached to an aromatic ring is 1. The topological polar surface area (TPSA) is 93.5 Å². The van der Waals surface area contributed by atoms with Crippen LogP contribution in [0.2, 0.25) is 0 Å². The molecule has 0 atom stereocenters. The molecule has 3 N–H and O–H groups in total. The van der Waals surface area contributed by atoms with Gasteiger partial charge in [-0.05, 0) is 12.5 Å². The number of nitrogens with one attached hydrogen (secondary N) is 1. The van der Waals surface area contributed by atoms with Crippen LogP contribution < -0.4 is 5.73 Å². The van der Waals surface area contributed by atoms with Crippen LogP contribution in [0.3, 0.4) is 0 Å². The lowest BCUT2D eigenvalue weighted by Crippen LogP contribution is -2.15. The molecular weight excluding hydrogens is 216 g/mol. The van der Waals surface area contributed by atoms with E-state index >= 15 is 0 Å². The number of imidazole rings is 1. The highest BCUT2D eigenvalue weighted by molar-refractivity contribution is 5.92. The first-order chi connectivity index (χ1) is 8.22. The van der Waals surface area contributed by atoms with Crippen molar-refractivity contribution in [3.63, 3.8) is 0 Å². The van der Waals surface area contributed by atoms with Gasteiger partial charge in [-0.25, -0.2) is 15.0 Å². The average Bonchev–Trinajstić information content (AvgIpc) is 2.78. The number of nitrogens with zero attached hydrogens (tertiary/aromatic N) is 4. The number of amidine groups is 1. The Morgan fingerprint density at radius 3 is 2.94 bits per heavy atom. The third-order valence-corrected chi connectivity index (χ3v) is 2.33. The van der Waals surface area contributed by atoms with Crippen molar-refractivity contribution in [2.45, 2.75) is 19.8 Å². The normalized spacial score (nSPS) is 10.4. The van der Waals surface area contributed by atoms with E-state index in [1.165, 1.54) is 0 Å². The fourth-order valence-electron chi connectivity index (χ4n) is 1.54. The number of rotatable bonds is 4. The van der Waals surface area contributed by atoms with Gasteiger partial charge in [0, 0.05) is 25.0 Å². The summed E-state index contributed by atoms with van der Waals surface area (Å²) >= 11 is 0. The molecule has 2 rings (SSSR count). The first-order valence-corrected chi connectivity index (χ1v) is 5.42. The zero-order chi connectivity index (χ0) is 12.3. The minimum atomic E-state index is -0.0641. The van der Waals surface area contributed by atoms with Crippen LogP contribution in [0.15, 0.2) is 24.7 Å². The number of hydrogen-bond donors (Lipinski definition) is 2. The Labute approximate surface area is 99.1 Å². The second kappa shape index (κ2) is 4.73. The molecule has 0 saturated heterocycles. The lowest BCUT2D eigenvalue weighted by Gasteiger charge is -2.06. The molecule has 0 fully saturated rings. The Balaban J connectivity index is 2.42. The third-order valence-electron chi connectivity index (χ3n) is 2.33. The minimum absolute atomic E-state index is 0.0641. The molecule has 0 aromatic carbocycles. The molecule has 0 bridgehead atoms. The zero-order valence-corrected chi connectivity index (χ0v) is 9.59. The maximum atomic E-state index is 7.35. The molecule has 0 saturated carbocycles. The molecule has 0 spiro atoms. The molecule has 17 heavy (non-hydrogen) atoms. The highest BCUT2D eigenvalue weighted by atomic mass is 15.2. The molecule has 0 radical (unpaired) electrons.